The van der Waals surface area contributed by atoms with Gasteiger partial charge in [0.2, 0.25) is 11.8 Å². The highest BCUT2D eigenvalue weighted by Gasteiger charge is 2.30. The normalized spacial score (nSPS) is 18.2. The lowest BCUT2D eigenvalue weighted by atomic mass is 10.1. The number of nitrogens with zero attached hydrogens (tertiary/aromatic N) is 1. The summed E-state index contributed by atoms with van der Waals surface area (Å²) in [6, 6.07) is 9.40. The molecule has 0 bridgehead atoms. The summed E-state index contributed by atoms with van der Waals surface area (Å²) in [4.78, 5) is 39.2. The molecule has 1 aromatic heterocycles. The Morgan fingerprint density at radius 2 is 2.08 bits per heavy atom. The van der Waals surface area contributed by atoms with Crippen molar-refractivity contribution in [2.24, 2.45) is 0 Å². The van der Waals surface area contributed by atoms with Crippen LogP contribution in [0.5, 0.6) is 0 Å². The van der Waals surface area contributed by atoms with Crippen molar-refractivity contribution in [3.05, 3.63) is 42.1 Å². The van der Waals surface area contributed by atoms with E-state index in [0.29, 0.717) is 12.1 Å². The Bertz CT molecular complexity index is 805. The second kappa shape index (κ2) is 6.66. The van der Waals surface area contributed by atoms with E-state index in [2.05, 4.69) is 15.6 Å². The van der Waals surface area contributed by atoms with E-state index in [4.69, 9.17) is 0 Å². The average Bonchev–Trinajstić information content (AvgIpc) is 3.00. The number of para-hydroxylation sites is 1. The van der Waals surface area contributed by atoms with Gasteiger partial charge in [-0.3, -0.25) is 14.6 Å². The zero-order valence-corrected chi connectivity index (χ0v) is 12.9. The maximum Gasteiger partial charge on any atom is 0.326 e. The molecule has 7 heteroatoms. The summed E-state index contributed by atoms with van der Waals surface area (Å²) in [5, 5.41) is 15.3. The smallest absolute Gasteiger partial charge is 0.326 e. The van der Waals surface area contributed by atoms with Crippen LogP contribution >= 0.6 is 0 Å². The average molecular weight is 327 g/mol. The first-order chi connectivity index (χ1) is 11.5. The number of benzene rings is 1. The number of hydrogen-bond donors (Lipinski definition) is 3. The molecule has 0 spiro atoms. The molecule has 7 nitrogen and oxygen atoms in total. The fraction of sp³-hybridized carbons (Fsp3) is 0.294. The monoisotopic (exact) mass is 327 g/mol. The second-order valence-corrected chi connectivity index (χ2v) is 5.76. The summed E-state index contributed by atoms with van der Waals surface area (Å²) in [5.41, 5.74) is 1.35. The number of hydrogen-bond acceptors (Lipinski definition) is 4. The van der Waals surface area contributed by atoms with Crippen molar-refractivity contribution < 1.29 is 19.5 Å². The second-order valence-electron chi connectivity index (χ2n) is 5.76. The number of aromatic nitrogens is 1. The number of nitrogens with one attached hydrogen (secondary N) is 2. The molecule has 1 saturated heterocycles. The van der Waals surface area contributed by atoms with Gasteiger partial charge in [-0.2, -0.15) is 0 Å². The molecule has 0 aliphatic carbocycles. The largest absolute Gasteiger partial charge is 0.480 e. The van der Waals surface area contributed by atoms with E-state index >= 15 is 0 Å². The Hall–Kier alpha value is -2.96. The first-order valence-electron chi connectivity index (χ1n) is 7.70. The Balaban J connectivity index is 1.72. The van der Waals surface area contributed by atoms with Crippen molar-refractivity contribution in [2.75, 3.05) is 0 Å². The summed E-state index contributed by atoms with van der Waals surface area (Å²) in [6.45, 7) is 0. The molecule has 24 heavy (non-hydrogen) atoms. The number of carboxylic acids is 1. The van der Waals surface area contributed by atoms with E-state index in [1.54, 1.807) is 6.07 Å². The predicted octanol–water partition coefficient (Wildman–Crippen LogP) is 0.625. The van der Waals surface area contributed by atoms with Crippen LogP contribution in [0.15, 0.2) is 36.4 Å². The molecule has 2 aromatic rings. The van der Waals surface area contributed by atoms with E-state index in [0.717, 1.165) is 10.9 Å². The summed E-state index contributed by atoms with van der Waals surface area (Å²) in [5.74, 6) is -1.81. The minimum atomic E-state index is -1.14. The minimum Gasteiger partial charge on any atom is -0.480 e. The molecule has 1 aromatic carbocycles. The third kappa shape index (κ3) is 3.51. The maximum atomic E-state index is 12.1. The standard InChI is InChI=1S/C17H17N3O4/c21-15-8-7-13(19-15)16(22)20-14(17(23)24)9-11-6-5-10-3-1-2-4-12(10)18-11/h1-6,13-14H,7-9H2,(H,19,21)(H,20,22)(H,23,24)/t13-,14+/m0/s1. The van der Waals surface area contributed by atoms with Crippen molar-refractivity contribution in [3.8, 4) is 0 Å². The molecule has 0 unspecified atom stereocenters. The first kappa shape index (κ1) is 15.9. The van der Waals surface area contributed by atoms with Crippen LogP contribution < -0.4 is 10.6 Å². The molecular formula is C17H17N3O4. The lowest BCUT2D eigenvalue weighted by Crippen LogP contribution is -2.49. The summed E-state index contributed by atoms with van der Waals surface area (Å²) in [7, 11) is 0. The van der Waals surface area contributed by atoms with Gasteiger partial charge >= 0.3 is 5.97 Å². The van der Waals surface area contributed by atoms with Crippen LogP contribution in [0.4, 0.5) is 0 Å². The third-order valence-electron chi connectivity index (χ3n) is 4.00. The molecule has 2 atom stereocenters. The highest BCUT2D eigenvalue weighted by Crippen LogP contribution is 2.13. The van der Waals surface area contributed by atoms with E-state index in [9.17, 15) is 19.5 Å². The Kier molecular flexibility index (Phi) is 4.41. The molecule has 0 radical (unpaired) electrons. The number of pyridine rings is 1. The van der Waals surface area contributed by atoms with Crippen LogP contribution in [0, 0.1) is 0 Å². The fourth-order valence-corrected chi connectivity index (χ4v) is 2.71. The van der Waals surface area contributed by atoms with Gasteiger partial charge in [0.05, 0.1) is 5.52 Å². The van der Waals surface area contributed by atoms with E-state index in [1.165, 1.54) is 0 Å². The first-order valence-corrected chi connectivity index (χ1v) is 7.70. The molecule has 0 saturated carbocycles. The van der Waals surface area contributed by atoms with Crippen molar-refractivity contribution in [3.63, 3.8) is 0 Å². The van der Waals surface area contributed by atoms with Gasteiger partial charge in [-0.25, -0.2) is 4.79 Å². The number of carboxylic acid groups (broad SMARTS) is 1. The van der Waals surface area contributed by atoms with Crippen molar-refractivity contribution in [1.29, 1.82) is 0 Å². The SMILES string of the molecule is O=C1CC[C@@H](C(=O)N[C@H](Cc2ccc3ccccc3n2)C(=O)O)N1. The Morgan fingerprint density at radius 1 is 1.29 bits per heavy atom. The molecule has 2 heterocycles. The number of aliphatic carboxylic acids is 1. The maximum absolute atomic E-state index is 12.1. The molecule has 3 rings (SSSR count). The van der Waals surface area contributed by atoms with Gasteiger partial charge < -0.3 is 15.7 Å². The number of amides is 2. The van der Waals surface area contributed by atoms with E-state index in [1.807, 2.05) is 30.3 Å². The summed E-state index contributed by atoms with van der Waals surface area (Å²) in [6.07, 6.45) is 0.736. The van der Waals surface area contributed by atoms with Crippen molar-refractivity contribution >= 4 is 28.7 Å². The minimum absolute atomic E-state index is 0.0760. The number of rotatable bonds is 5. The van der Waals surface area contributed by atoms with Crippen LogP contribution in [0.3, 0.4) is 0 Å². The van der Waals surface area contributed by atoms with Crippen LogP contribution in [-0.2, 0) is 20.8 Å². The lowest BCUT2D eigenvalue weighted by Gasteiger charge is -2.17. The third-order valence-corrected chi connectivity index (χ3v) is 4.00. The van der Waals surface area contributed by atoms with Gasteiger partial charge in [0, 0.05) is 23.9 Å². The predicted molar refractivity (Wildman–Crippen MR) is 86.2 cm³/mol. The number of carbonyl (C=O) groups excluding carboxylic acids is 2. The number of fused-ring (bicyclic) bond motifs is 1. The molecule has 2 amide bonds. The molecule has 1 fully saturated rings. The quantitative estimate of drug-likeness (QED) is 0.746. The van der Waals surface area contributed by atoms with Gasteiger partial charge in [0.25, 0.3) is 0 Å². The molecule has 3 N–H and O–H groups in total. The van der Waals surface area contributed by atoms with Gasteiger partial charge in [-0.05, 0) is 18.6 Å². The molecule has 124 valence electrons. The fourth-order valence-electron chi connectivity index (χ4n) is 2.71. The van der Waals surface area contributed by atoms with Crippen LogP contribution in [0.25, 0.3) is 10.9 Å². The van der Waals surface area contributed by atoms with E-state index < -0.39 is 24.0 Å². The van der Waals surface area contributed by atoms with Gasteiger partial charge in [0.1, 0.15) is 12.1 Å². The lowest BCUT2D eigenvalue weighted by molar-refractivity contribution is -0.142. The molecular weight excluding hydrogens is 310 g/mol. The van der Waals surface area contributed by atoms with Crippen LogP contribution in [0.1, 0.15) is 18.5 Å². The van der Waals surface area contributed by atoms with Crippen molar-refractivity contribution in [1.82, 2.24) is 15.6 Å². The van der Waals surface area contributed by atoms with Crippen molar-refractivity contribution in [2.45, 2.75) is 31.3 Å². The van der Waals surface area contributed by atoms with Gasteiger partial charge in [0.15, 0.2) is 0 Å². The summed E-state index contributed by atoms with van der Waals surface area (Å²) >= 11 is 0. The van der Waals surface area contributed by atoms with Gasteiger partial charge in [-0.15, -0.1) is 0 Å². The van der Waals surface area contributed by atoms with Crippen LogP contribution in [0.2, 0.25) is 0 Å². The zero-order valence-electron chi connectivity index (χ0n) is 12.9. The highest BCUT2D eigenvalue weighted by atomic mass is 16.4. The molecule has 1 aliphatic rings. The number of carbonyl (C=O) groups is 3. The van der Waals surface area contributed by atoms with E-state index in [-0.39, 0.29) is 18.7 Å². The molecule has 1 aliphatic heterocycles. The zero-order chi connectivity index (χ0) is 17.1. The van der Waals surface area contributed by atoms with Crippen LogP contribution in [-0.4, -0.2) is 40.0 Å². The summed E-state index contributed by atoms with van der Waals surface area (Å²) < 4.78 is 0. The topological polar surface area (TPSA) is 108 Å². The van der Waals surface area contributed by atoms with Gasteiger partial charge in [-0.1, -0.05) is 24.3 Å². The Labute approximate surface area is 138 Å². The highest BCUT2D eigenvalue weighted by molar-refractivity contribution is 5.92. The Morgan fingerprint density at radius 3 is 2.79 bits per heavy atom.